The first-order valence-corrected chi connectivity index (χ1v) is 6.59. The van der Waals surface area contributed by atoms with Crippen molar-refractivity contribution in [1.29, 1.82) is 0 Å². The predicted molar refractivity (Wildman–Crippen MR) is 69.5 cm³/mol. The third-order valence-corrected chi connectivity index (χ3v) is 4.19. The van der Waals surface area contributed by atoms with Crippen LogP contribution in [-0.4, -0.2) is 0 Å². The van der Waals surface area contributed by atoms with Crippen molar-refractivity contribution < 1.29 is 0 Å². The van der Waals surface area contributed by atoms with Gasteiger partial charge in [0.1, 0.15) is 0 Å². The zero-order chi connectivity index (χ0) is 11.6. The van der Waals surface area contributed by atoms with Crippen molar-refractivity contribution in [2.45, 2.75) is 57.4 Å². The van der Waals surface area contributed by atoms with Crippen molar-refractivity contribution in [3.05, 3.63) is 35.4 Å². The van der Waals surface area contributed by atoms with Gasteiger partial charge in [-0.3, -0.25) is 0 Å². The summed E-state index contributed by atoms with van der Waals surface area (Å²) in [6, 6.07) is 9.04. The molecule has 0 heterocycles. The molecule has 0 atom stereocenters. The molecule has 2 N–H and O–H groups in total. The van der Waals surface area contributed by atoms with Crippen molar-refractivity contribution in [3.63, 3.8) is 0 Å². The lowest BCUT2D eigenvalue weighted by Crippen LogP contribution is -2.43. The monoisotopic (exact) mass is 217 g/mol. The Morgan fingerprint density at radius 2 is 1.69 bits per heavy atom. The highest BCUT2D eigenvalue weighted by Gasteiger charge is 2.34. The van der Waals surface area contributed by atoms with Crippen LogP contribution in [0.5, 0.6) is 0 Å². The van der Waals surface area contributed by atoms with Crippen LogP contribution in [0.2, 0.25) is 0 Å². The molecule has 88 valence electrons. The minimum atomic E-state index is -0.00748. The second-order valence-corrected chi connectivity index (χ2v) is 5.15. The highest BCUT2D eigenvalue weighted by atomic mass is 14.8. The van der Waals surface area contributed by atoms with Crippen LogP contribution in [0, 0.1) is 0 Å². The molecule has 0 amide bonds. The quantitative estimate of drug-likeness (QED) is 0.812. The summed E-state index contributed by atoms with van der Waals surface area (Å²) >= 11 is 0. The van der Waals surface area contributed by atoms with Gasteiger partial charge in [-0.05, 0) is 49.1 Å². The van der Waals surface area contributed by atoms with Crippen molar-refractivity contribution in [2.24, 2.45) is 5.73 Å². The number of hydrogen-bond donors (Lipinski definition) is 1. The van der Waals surface area contributed by atoms with E-state index in [0.29, 0.717) is 5.92 Å². The van der Waals surface area contributed by atoms with E-state index in [1.165, 1.54) is 30.4 Å². The van der Waals surface area contributed by atoms with Gasteiger partial charge in [0.15, 0.2) is 0 Å². The van der Waals surface area contributed by atoms with Crippen molar-refractivity contribution in [1.82, 2.24) is 0 Å². The van der Waals surface area contributed by atoms with E-state index < -0.39 is 0 Å². The summed E-state index contributed by atoms with van der Waals surface area (Å²) in [6.07, 6.45) is 6.03. The van der Waals surface area contributed by atoms with Gasteiger partial charge >= 0.3 is 0 Å². The predicted octanol–water partition coefficient (Wildman–Crippen LogP) is 3.93. The Morgan fingerprint density at radius 3 is 2.06 bits per heavy atom. The zero-order valence-electron chi connectivity index (χ0n) is 10.5. The third-order valence-electron chi connectivity index (χ3n) is 4.19. The second-order valence-electron chi connectivity index (χ2n) is 5.15. The van der Waals surface area contributed by atoms with E-state index in [1.807, 2.05) is 0 Å². The van der Waals surface area contributed by atoms with E-state index in [-0.39, 0.29) is 5.54 Å². The molecule has 16 heavy (non-hydrogen) atoms. The number of nitrogens with two attached hydrogens (primary N) is 1. The maximum Gasteiger partial charge on any atom is 0.0409 e. The minimum Gasteiger partial charge on any atom is -0.321 e. The fourth-order valence-corrected chi connectivity index (χ4v) is 2.69. The van der Waals surface area contributed by atoms with Crippen LogP contribution >= 0.6 is 0 Å². The van der Waals surface area contributed by atoms with Crippen molar-refractivity contribution in [3.8, 4) is 0 Å². The number of benzene rings is 1. The Balaban J connectivity index is 2.15. The summed E-state index contributed by atoms with van der Waals surface area (Å²) < 4.78 is 0. The molecular formula is C15H23N. The van der Waals surface area contributed by atoms with Crippen LogP contribution in [0.1, 0.15) is 63.0 Å². The van der Waals surface area contributed by atoms with E-state index in [1.54, 1.807) is 0 Å². The number of rotatable bonds is 4. The molecule has 0 unspecified atom stereocenters. The lowest BCUT2D eigenvalue weighted by molar-refractivity contribution is 0.253. The summed E-state index contributed by atoms with van der Waals surface area (Å²) in [6.45, 7) is 4.52. The molecule has 1 saturated carbocycles. The van der Waals surface area contributed by atoms with Crippen LogP contribution in [0.15, 0.2) is 24.3 Å². The van der Waals surface area contributed by atoms with E-state index in [2.05, 4.69) is 38.1 Å². The SMILES string of the molecule is CCC(CC)c1ccc(C2(N)CCC2)cc1. The van der Waals surface area contributed by atoms with E-state index >= 15 is 0 Å². The Bertz CT molecular complexity index is 331. The van der Waals surface area contributed by atoms with E-state index in [0.717, 1.165) is 12.8 Å². The first kappa shape index (κ1) is 11.7. The van der Waals surface area contributed by atoms with Gasteiger partial charge in [0, 0.05) is 5.54 Å². The first-order valence-electron chi connectivity index (χ1n) is 6.59. The van der Waals surface area contributed by atoms with Crippen molar-refractivity contribution in [2.75, 3.05) is 0 Å². The molecule has 0 radical (unpaired) electrons. The second kappa shape index (κ2) is 4.58. The summed E-state index contributed by atoms with van der Waals surface area (Å²) in [5, 5.41) is 0. The minimum absolute atomic E-state index is 0.00748. The fourth-order valence-electron chi connectivity index (χ4n) is 2.69. The van der Waals surface area contributed by atoms with Crippen molar-refractivity contribution >= 4 is 0 Å². The Morgan fingerprint density at radius 1 is 1.12 bits per heavy atom. The zero-order valence-corrected chi connectivity index (χ0v) is 10.5. The van der Waals surface area contributed by atoms with Gasteiger partial charge in [0.2, 0.25) is 0 Å². The third kappa shape index (κ3) is 2.01. The molecule has 1 aliphatic rings. The molecule has 1 fully saturated rings. The maximum atomic E-state index is 6.32. The van der Waals surface area contributed by atoms with Crippen LogP contribution in [-0.2, 0) is 5.54 Å². The lowest BCUT2D eigenvalue weighted by Gasteiger charge is -2.38. The topological polar surface area (TPSA) is 26.0 Å². The van der Waals surface area contributed by atoms with E-state index in [9.17, 15) is 0 Å². The Labute approximate surface area is 99.0 Å². The number of hydrogen-bond acceptors (Lipinski definition) is 1. The molecule has 0 aromatic heterocycles. The molecule has 0 aliphatic heterocycles. The maximum absolute atomic E-state index is 6.32. The molecule has 1 heteroatoms. The highest BCUT2D eigenvalue weighted by molar-refractivity contribution is 5.31. The molecule has 0 saturated heterocycles. The van der Waals surface area contributed by atoms with Crippen LogP contribution < -0.4 is 5.73 Å². The molecule has 1 nitrogen and oxygen atoms in total. The molecule has 2 rings (SSSR count). The Hall–Kier alpha value is -0.820. The first-order chi connectivity index (χ1) is 7.69. The van der Waals surface area contributed by atoms with Gasteiger partial charge in [0.05, 0.1) is 0 Å². The molecule has 0 bridgehead atoms. The summed E-state index contributed by atoms with van der Waals surface area (Å²) in [4.78, 5) is 0. The average Bonchev–Trinajstić information content (AvgIpc) is 2.28. The van der Waals surface area contributed by atoms with Gasteiger partial charge in [0.25, 0.3) is 0 Å². The van der Waals surface area contributed by atoms with Gasteiger partial charge in [-0.2, -0.15) is 0 Å². The smallest absolute Gasteiger partial charge is 0.0409 e. The van der Waals surface area contributed by atoms with Gasteiger partial charge in [-0.15, -0.1) is 0 Å². The van der Waals surface area contributed by atoms with Crippen LogP contribution in [0.3, 0.4) is 0 Å². The van der Waals surface area contributed by atoms with Crippen LogP contribution in [0.4, 0.5) is 0 Å². The molecular weight excluding hydrogens is 194 g/mol. The average molecular weight is 217 g/mol. The summed E-state index contributed by atoms with van der Waals surface area (Å²) in [5.41, 5.74) is 9.10. The van der Waals surface area contributed by atoms with Crippen LogP contribution in [0.25, 0.3) is 0 Å². The molecule has 1 aromatic carbocycles. The van der Waals surface area contributed by atoms with Gasteiger partial charge < -0.3 is 5.73 Å². The van der Waals surface area contributed by atoms with Gasteiger partial charge in [-0.1, -0.05) is 38.1 Å². The largest absolute Gasteiger partial charge is 0.321 e. The molecule has 1 aromatic rings. The fraction of sp³-hybridized carbons (Fsp3) is 0.600. The van der Waals surface area contributed by atoms with Gasteiger partial charge in [-0.25, -0.2) is 0 Å². The normalized spacial score (nSPS) is 18.5. The van der Waals surface area contributed by atoms with E-state index in [4.69, 9.17) is 5.73 Å². The summed E-state index contributed by atoms with van der Waals surface area (Å²) in [7, 11) is 0. The summed E-state index contributed by atoms with van der Waals surface area (Å²) in [5.74, 6) is 0.712. The lowest BCUT2D eigenvalue weighted by atomic mass is 9.72. The molecule has 1 aliphatic carbocycles. The molecule has 0 spiro atoms. The standard InChI is InChI=1S/C15H23N/c1-3-12(4-2)13-6-8-14(9-7-13)15(16)10-5-11-15/h6-9,12H,3-5,10-11,16H2,1-2H3. The Kier molecular flexibility index (Phi) is 3.34. The highest BCUT2D eigenvalue weighted by Crippen LogP contribution is 2.39.